The van der Waals surface area contributed by atoms with Crippen LogP contribution in [0.25, 0.3) is 11.4 Å². The highest BCUT2D eigenvalue weighted by Gasteiger charge is 2.16. The van der Waals surface area contributed by atoms with E-state index in [0.717, 1.165) is 39.5 Å². The summed E-state index contributed by atoms with van der Waals surface area (Å²) in [6, 6.07) is 12.0. The molecular formula is C21H23N3O3S. The fourth-order valence-electron chi connectivity index (χ4n) is 2.97. The average molecular weight is 398 g/mol. The van der Waals surface area contributed by atoms with Crippen molar-refractivity contribution in [3.63, 3.8) is 0 Å². The number of nitrogens with zero attached hydrogens (tertiary/aromatic N) is 3. The third kappa shape index (κ3) is 3.94. The van der Waals surface area contributed by atoms with Gasteiger partial charge in [-0.2, -0.15) is 0 Å². The van der Waals surface area contributed by atoms with Gasteiger partial charge in [0.1, 0.15) is 19.0 Å². The van der Waals surface area contributed by atoms with Gasteiger partial charge in [-0.3, -0.25) is 0 Å². The van der Waals surface area contributed by atoms with Crippen molar-refractivity contribution in [2.24, 2.45) is 7.05 Å². The van der Waals surface area contributed by atoms with Crippen LogP contribution in [0.15, 0.2) is 41.6 Å². The van der Waals surface area contributed by atoms with Crippen molar-refractivity contribution in [1.29, 1.82) is 0 Å². The molecule has 0 fully saturated rings. The van der Waals surface area contributed by atoms with Gasteiger partial charge in [0.05, 0.1) is 6.61 Å². The van der Waals surface area contributed by atoms with Crippen LogP contribution in [0.2, 0.25) is 0 Å². The Balaban J connectivity index is 1.38. The highest BCUT2D eigenvalue weighted by atomic mass is 32.2. The van der Waals surface area contributed by atoms with Crippen LogP contribution in [0, 0.1) is 13.8 Å². The molecule has 4 rings (SSSR count). The van der Waals surface area contributed by atoms with Crippen LogP contribution < -0.4 is 14.2 Å². The van der Waals surface area contributed by atoms with Crippen LogP contribution in [-0.2, 0) is 7.05 Å². The first kappa shape index (κ1) is 18.7. The molecule has 0 atom stereocenters. The smallest absolute Gasteiger partial charge is 0.191 e. The Bertz CT molecular complexity index is 987. The Morgan fingerprint density at radius 3 is 2.64 bits per heavy atom. The van der Waals surface area contributed by atoms with Gasteiger partial charge in [0.25, 0.3) is 0 Å². The van der Waals surface area contributed by atoms with Gasteiger partial charge in [0, 0.05) is 18.4 Å². The van der Waals surface area contributed by atoms with E-state index in [2.05, 4.69) is 36.2 Å². The summed E-state index contributed by atoms with van der Waals surface area (Å²) >= 11 is 1.63. The number of aryl methyl sites for hydroxylation is 2. The summed E-state index contributed by atoms with van der Waals surface area (Å²) < 4.78 is 19.1. The zero-order valence-corrected chi connectivity index (χ0v) is 17.1. The minimum absolute atomic E-state index is 0.566. The van der Waals surface area contributed by atoms with Gasteiger partial charge < -0.3 is 18.8 Å². The summed E-state index contributed by atoms with van der Waals surface area (Å²) in [6.45, 7) is 5.95. The second kappa shape index (κ2) is 8.14. The van der Waals surface area contributed by atoms with Crippen molar-refractivity contribution in [1.82, 2.24) is 14.8 Å². The first-order valence-corrected chi connectivity index (χ1v) is 10.2. The number of hydrogen-bond acceptors (Lipinski definition) is 6. The van der Waals surface area contributed by atoms with Crippen LogP contribution in [0.1, 0.15) is 11.1 Å². The molecule has 0 amide bonds. The van der Waals surface area contributed by atoms with Crippen molar-refractivity contribution in [3.05, 3.63) is 47.5 Å². The van der Waals surface area contributed by atoms with Gasteiger partial charge in [-0.25, -0.2) is 0 Å². The molecule has 1 aliphatic rings. The number of aromatic nitrogens is 3. The Kier molecular flexibility index (Phi) is 5.43. The number of rotatable bonds is 6. The molecule has 0 spiro atoms. The van der Waals surface area contributed by atoms with E-state index in [9.17, 15) is 0 Å². The second-order valence-corrected chi connectivity index (χ2v) is 7.73. The van der Waals surface area contributed by atoms with Crippen molar-refractivity contribution < 1.29 is 14.2 Å². The Morgan fingerprint density at radius 1 is 1.00 bits per heavy atom. The number of fused-ring (bicyclic) bond motifs is 1. The molecule has 0 radical (unpaired) electrons. The van der Waals surface area contributed by atoms with Gasteiger partial charge in [0.2, 0.25) is 0 Å². The molecule has 1 aliphatic heterocycles. The summed E-state index contributed by atoms with van der Waals surface area (Å²) in [5, 5.41) is 9.53. The minimum Gasteiger partial charge on any atom is -0.493 e. The van der Waals surface area contributed by atoms with Gasteiger partial charge in [-0.1, -0.05) is 17.8 Å². The highest BCUT2D eigenvalue weighted by Crippen LogP contribution is 2.34. The highest BCUT2D eigenvalue weighted by molar-refractivity contribution is 7.99. The van der Waals surface area contributed by atoms with Crippen LogP contribution >= 0.6 is 11.8 Å². The molecule has 0 bridgehead atoms. The van der Waals surface area contributed by atoms with Gasteiger partial charge in [-0.15, -0.1) is 10.2 Å². The van der Waals surface area contributed by atoms with Crippen LogP contribution in [-0.4, -0.2) is 40.3 Å². The van der Waals surface area contributed by atoms with E-state index in [1.165, 1.54) is 11.1 Å². The zero-order valence-electron chi connectivity index (χ0n) is 16.3. The lowest BCUT2D eigenvalue weighted by atomic mass is 10.1. The maximum Gasteiger partial charge on any atom is 0.191 e. The van der Waals surface area contributed by atoms with Crippen LogP contribution in [0.4, 0.5) is 0 Å². The minimum atomic E-state index is 0.566. The monoisotopic (exact) mass is 397 g/mol. The molecular weight excluding hydrogens is 374 g/mol. The van der Waals surface area contributed by atoms with E-state index in [1.54, 1.807) is 11.8 Å². The molecule has 2 heterocycles. The predicted molar refractivity (Wildman–Crippen MR) is 110 cm³/mol. The molecule has 0 aliphatic carbocycles. The number of hydrogen-bond donors (Lipinski definition) is 0. The first-order chi connectivity index (χ1) is 13.6. The van der Waals surface area contributed by atoms with Gasteiger partial charge in [-0.05, 0) is 55.3 Å². The molecule has 7 heteroatoms. The van der Waals surface area contributed by atoms with Crippen LogP contribution in [0.3, 0.4) is 0 Å². The standard InChI is InChI=1S/C21H23N3O3S/c1-14-4-6-17(12-15(14)2)25-10-11-28-21-23-22-20(24(21)3)16-5-7-18-19(13-16)27-9-8-26-18/h4-7,12-13H,8-11H2,1-3H3. The Hall–Kier alpha value is -2.67. The summed E-state index contributed by atoms with van der Waals surface area (Å²) in [4.78, 5) is 0. The van der Waals surface area contributed by atoms with Crippen molar-refractivity contribution in [3.8, 4) is 28.6 Å². The summed E-state index contributed by atoms with van der Waals surface area (Å²) in [7, 11) is 1.97. The maximum absolute atomic E-state index is 5.85. The Morgan fingerprint density at radius 2 is 1.82 bits per heavy atom. The second-order valence-electron chi connectivity index (χ2n) is 6.67. The fraction of sp³-hybridized carbons (Fsp3) is 0.333. The van der Waals surface area contributed by atoms with Crippen molar-refractivity contribution in [2.45, 2.75) is 19.0 Å². The molecule has 6 nitrogen and oxygen atoms in total. The third-order valence-corrected chi connectivity index (χ3v) is 5.68. The van der Waals surface area contributed by atoms with Gasteiger partial charge >= 0.3 is 0 Å². The SMILES string of the molecule is Cc1ccc(OCCSc2nnc(-c3ccc4c(c3)OCCO4)n2C)cc1C. The third-order valence-electron chi connectivity index (χ3n) is 4.70. The van der Waals surface area contributed by atoms with E-state index in [4.69, 9.17) is 14.2 Å². The topological polar surface area (TPSA) is 58.4 Å². The number of thioether (sulfide) groups is 1. The molecule has 3 aromatic rings. The number of benzene rings is 2. The van der Waals surface area contributed by atoms with E-state index in [-0.39, 0.29) is 0 Å². The summed E-state index contributed by atoms with van der Waals surface area (Å²) in [6.07, 6.45) is 0. The molecule has 0 saturated heterocycles. The molecule has 1 aromatic heterocycles. The average Bonchev–Trinajstić information content (AvgIpc) is 3.08. The molecule has 2 aromatic carbocycles. The maximum atomic E-state index is 5.85. The largest absolute Gasteiger partial charge is 0.493 e. The fourth-order valence-corrected chi connectivity index (χ4v) is 3.70. The normalized spacial score (nSPS) is 12.8. The lowest BCUT2D eigenvalue weighted by Crippen LogP contribution is -2.15. The predicted octanol–water partition coefficient (Wildman–Crippen LogP) is 4.04. The quantitative estimate of drug-likeness (QED) is 0.462. The zero-order chi connectivity index (χ0) is 19.5. The van der Waals surface area contributed by atoms with E-state index in [1.807, 2.05) is 35.9 Å². The molecule has 0 N–H and O–H groups in total. The summed E-state index contributed by atoms with van der Waals surface area (Å²) in [5.74, 6) is 4.02. The summed E-state index contributed by atoms with van der Waals surface area (Å²) in [5.41, 5.74) is 3.47. The Labute approximate surface area is 168 Å². The van der Waals surface area contributed by atoms with Crippen molar-refractivity contribution in [2.75, 3.05) is 25.6 Å². The molecule has 146 valence electrons. The molecule has 0 unspecified atom stereocenters. The van der Waals surface area contributed by atoms with Crippen molar-refractivity contribution >= 4 is 11.8 Å². The van der Waals surface area contributed by atoms with Crippen LogP contribution in [0.5, 0.6) is 17.2 Å². The number of ether oxygens (including phenoxy) is 3. The first-order valence-electron chi connectivity index (χ1n) is 9.24. The lowest BCUT2D eigenvalue weighted by molar-refractivity contribution is 0.171. The van der Waals surface area contributed by atoms with E-state index >= 15 is 0 Å². The molecule has 0 saturated carbocycles. The van der Waals surface area contributed by atoms with E-state index < -0.39 is 0 Å². The van der Waals surface area contributed by atoms with E-state index in [0.29, 0.717) is 19.8 Å². The van der Waals surface area contributed by atoms with Gasteiger partial charge in [0.15, 0.2) is 22.5 Å². The molecule has 28 heavy (non-hydrogen) atoms. The lowest BCUT2D eigenvalue weighted by Gasteiger charge is -2.18.